The van der Waals surface area contributed by atoms with Gasteiger partial charge in [0.05, 0.1) is 29.3 Å². The second kappa shape index (κ2) is 8.16. The third-order valence-corrected chi connectivity index (χ3v) is 4.46. The number of halogens is 1. The van der Waals surface area contributed by atoms with Crippen LogP contribution in [0.2, 0.25) is 0 Å². The van der Waals surface area contributed by atoms with E-state index in [2.05, 4.69) is 60.2 Å². The molecule has 21 heavy (non-hydrogen) atoms. The Hall–Kier alpha value is -0.580. The quantitative estimate of drug-likeness (QED) is 0.783. The molecule has 0 bridgehead atoms. The maximum absolute atomic E-state index is 6.06. The van der Waals surface area contributed by atoms with Crippen LogP contribution in [0.4, 0.5) is 0 Å². The molecular weight excluding hydrogens is 330 g/mol. The summed E-state index contributed by atoms with van der Waals surface area (Å²) in [7, 11) is 0. The van der Waals surface area contributed by atoms with Crippen molar-refractivity contribution >= 4 is 15.9 Å². The first-order chi connectivity index (χ1) is 10.2. The highest BCUT2D eigenvalue weighted by Crippen LogP contribution is 2.34. The highest BCUT2D eigenvalue weighted by molar-refractivity contribution is 9.10. The Balaban J connectivity index is 2.14. The van der Waals surface area contributed by atoms with E-state index >= 15 is 0 Å². The number of rotatable bonds is 7. The van der Waals surface area contributed by atoms with E-state index in [-0.39, 0.29) is 12.1 Å². The molecule has 1 saturated heterocycles. The molecule has 0 spiro atoms. The molecule has 1 aliphatic heterocycles. The number of hydrogen-bond donors (Lipinski definition) is 1. The molecule has 1 N–H and O–H groups in total. The molecule has 4 heteroatoms. The Morgan fingerprint density at radius 2 is 2.19 bits per heavy atom. The van der Waals surface area contributed by atoms with Crippen molar-refractivity contribution in [3.8, 4) is 5.75 Å². The average Bonchev–Trinajstić information content (AvgIpc) is 2.90. The maximum Gasteiger partial charge on any atom is 0.133 e. The second-order valence-corrected chi connectivity index (χ2v) is 6.49. The molecule has 1 aromatic carbocycles. The molecule has 0 saturated carbocycles. The first kappa shape index (κ1) is 16.8. The molecule has 0 aromatic heterocycles. The van der Waals surface area contributed by atoms with Gasteiger partial charge in [-0.1, -0.05) is 19.9 Å². The molecule has 2 rings (SSSR count). The Labute approximate surface area is 136 Å². The average molecular weight is 356 g/mol. The van der Waals surface area contributed by atoms with Crippen molar-refractivity contribution in [3.63, 3.8) is 0 Å². The van der Waals surface area contributed by atoms with Crippen LogP contribution in [0.3, 0.4) is 0 Å². The maximum atomic E-state index is 6.06. The lowest BCUT2D eigenvalue weighted by Crippen LogP contribution is -2.32. The molecule has 0 amide bonds. The Morgan fingerprint density at radius 3 is 2.76 bits per heavy atom. The molecule has 1 aliphatic rings. The summed E-state index contributed by atoms with van der Waals surface area (Å²) in [6, 6.07) is 6.61. The first-order valence-corrected chi connectivity index (χ1v) is 8.76. The lowest BCUT2D eigenvalue weighted by Gasteiger charge is -2.25. The summed E-state index contributed by atoms with van der Waals surface area (Å²) >= 11 is 3.62. The fourth-order valence-electron chi connectivity index (χ4n) is 2.80. The minimum Gasteiger partial charge on any atom is -0.492 e. The third-order valence-electron chi connectivity index (χ3n) is 3.84. The van der Waals surface area contributed by atoms with Gasteiger partial charge in [0.2, 0.25) is 0 Å². The van der Waals surface area contributed by atoms with Gasteiger partial charge in [-0.25, -0.2) is 0 Å². The number of hydrogen-bond acceptors (Lipinski definition) is 3. The standard InChI is InChI=1S/C17H26BrNO2/c1-4-10-20-15-9-7-13(11-14(15)18)17(19-5-2)16-8-6-12(3)21-16/h7,9,11-12,16-17,19H,4-6,8,10H2,1-3H3. The number of nitrogens with one attached hydrogen (secondary N) is 1. The molecule has 3 nitrogen and oxygen atoms in total. The van der Waals surface area contributed by atoms with Crippen molar-refractivity contribution < 1.29 is 9.47 Å². The summed E-state index contributed by atoms with van der Waals surface area (Å²) in [5.74, 6) is 0.913. The van der Waals surface area contributed by atoms with Crippen molar-refractivity contribution in [3.05, 3.63) is 28.2 Å². The normalized spacial score (nSPS) is 23.2. The van der Waals surface area contributed by atoms with Gasteiger partial charge in [0.15, 0.2) is 0 Å². The monoisotopic (exact) mass is 355 g/mol. The van der Waals surface area contributed by atoms with Crippen LogP contribution in [-0.2, 0) is 4.74 Å². The SMILES string of the molecule is CCCOc1ccc(C(NCC)C2CCC(C)O2)cc1Br. The first-order valence-electron chi connectivity index (χ1n) is 7.96. The van der Waals surface area contributed by atoms with E-state index in [1.54, 1.807) is 0 Å². The molecule has 0 aliphatic carbocycles. The zero-order chi connectivity index (χ0) is 15.2. The van der Waals surface area contributed by atoms with E-state index in [4.69, 9.17) is 9.47 Å². The number of likely N-dealkylation sites (N-methyl/N-ethyl adjacent to an activating group) is 1. The lowest BCUT2D eigenvalue weighted by atomic mass is 9.99. The zero-order valence-electron chi connectivity index (χ0n) is 13.2. The van der Waals surface area contributed by atoms with Gasteiger partial charge in [-0.15, -0.1) is 0 Å². The second-order valence-electron chi connectivity index (χ2n) is 5.64. The van der Waals surface area contributed by atoms with E-state index in [1.807, 2.05) is 0 Å². The van der Waals surface area contributed by atoms with Gasteiger partial charge in [-0.2, -0.15) is 0 Å². The van der Waals surface area contributed by atoms with Crippen LogP contribution in [0.1, 0.15) is 51.6 Å². The predicted octanol–water partition coefficient (Wildman–Crippen LogP) is 4.46. The van der Waals surface area contributed by atoms with Gasteiger partial charge in [0, 0.05) is 0 Å². The van der Waals surface area contributed by atoms with Crippen LogP contribution >= 0.6 is 15.9 Å². The van der Waals surface area contributed by atoms with Crippen molar-refractivity contribution in [1.82, 2.24) is 5.32 Å². The summed E-state index contributed by atoms with van der Waals surface area (Å²) in [6.07, 6.45) is 3.90. The molecule has 1 fully saturated rings. The number of benzene rings is 1. The zero-order valence-corrected chi connectivity index (χ0v) is 14.8. The molecule has 1 heterocycles. The minimum absolute atomic E-state index is 0.247. The van der Waals surface area contributed by atoms with Crippen molar-refractivity contribution in [1.29, 1.82) is 0 Å². The fraction of sp³-hybridized carbons (Fsp3) is 0.647. The van der Waals surface area contributed by atoms with Crippen molar-refractivity contribution in [2.45, 2.75) is 58.3 Å². The summed E-state index contributed by atoms with van der Waals surface area (Å²) in [5.41, 5.74) is 1.26. The van der Waals surface area contributed by atoms with E-state index in [0.29, 0.717) is 6.10 Å². The predicted molar refractivity (Wildman–Crippen MR) is 89.9 cm³/mol. The Kier molecular flexibility index (Phi) is 6.52. The Bertz CT molecular complexity index is 452. The summed E-state index contributed by atoms with van der Waals surface area (Å²) in [5, 5.41) is 3.56. The largest absolute Gasteiger partial charge is 0.492 e. The number of ether oxygens (including phenoxy) is 2. The van der Waals surface area contributed by atoms with Gasteiger partial charge in [-0.05, 0) is 66.4 Å². The molecule has 3 atom stereocenters. The van der Waals surface area contributed by atoms with Crippen molar-refractivity contribution in [2.24, 2.45) is 0 Å². The lowest BCUT2D eigenvalue weighted by molar-refractivity contribution is 0.0319. The van der Waals surface area contributed by atoms with Crippen LogP contribution in [0.15, 0.2) is 22.7 Å². The smallest absolute Gasteiger partial charge is 0.133 e. The van der Waals surface area contributed by atoms with Crippen LogP contribution in [0.25, 0.3) is 0 Å². The third kappa shape index (κ3) is 4.44. The summed E-state index contributed by atoms with van der Waals surface area (Å²) in [6.45, 7) is 8.09. The van der Waals surface area contributed by atoms with Gasteiger partial charge in [0.25, 0.3) is 0 Å². The van der Waals surface area contributed by atoms with E-state index < -0.39 is 0 Å². The molecular formula is C17H26BrNO2. The topological polar surface area (TPSA) is 30.5 Å². The molecule has 1 aromatic rings. The fourth-order valence-corrected chi connectivity index (χ4v) is 3.31. The van der Waals surface area contributed by atoms with Crippen LogP contribution in [0.5, 0.6) is 5.75 Å². The highest BCUT2D eigenvalue weighted by Gasteiger charge is 2.30. The van der Waals surface area contributed by atoms with E-state index in [0.717, 1.165) is 42.6 Å². The molecule has 3 unspecified atom stereocenters. The van der Waals surface area contributed by atoms with Gasteiger partial charge in [-0.3, -0.25) is 0 Å². The van der Waals surface area contributed by atoms with Gasteiger partial charge < -0.3 is 14.8 Å². The summed E-state index contributed by atoms with van der Waals surface area (Å²) < 4.78 is 12.8. The minimum atomic E-state index is 0.247. The highest BCUT2D eigenvalue weighted by atomic mass is 79.9. The van der Waals surface area contributed by atoms with Crippen LogP contribution in [0, 0.1) is 0 Å². The molecule has 118 valence electrons. The van der Waals surface area contributed by atoms with E-state index in [1.165, 1.54) is 5.56 Å². The van der Waals surface area contributed by atoms with Crippen LogP contribution in [-0.4, -0.2) is 25.4 Å². The van der Waals surface area contributed by atoms with Crippen molar-refractivity contribution in [2.75, 3.05) is 13.2 Å². The van der Waals surface area contributed by atoms with Gasteiger partial charge >= 0.3 is 0 Å². The van der Waals surface area contributed by atoms with Crippen LogP contribution < -0.4 is 10.1 Å². The van der Waals surface area contributed by atoms with E-state index in [9.17, 15) is 0 Å². The summed E-state index contributed by atoms with van der Waals surface area (Å²) in [4.78, 5) is 0. The van der Waals surface area contributed by atoms with Gasteiger partial charge in [0.1, 0.15) is 5.75 Å². The molecule has 0 radical (unpaired) electrons. The Morgan fingerprint density at radius 1 is 1.38 bits per heavy atom.